The summed E-state index contributed by atoms with van der Waals surface area (Å²) in [4.78, 5) is 11.7. The van der Waals surface area contributed by atoms with Gasteiger partial charge in [0.15, 0.2) is 0 Å². The molecule has 0 aliphatic carbocycles. The van der Waals surface area contributed by atoms with Gasteiger partial charge in [0.25, 0.3) is 0 Å². The quantitative estimate of drug-likeness (QED) is 0.777. The second-order valence-electron chi connectivity index (χ2n) is 4.45. The molecule has 18 heavy (non-hydrogen) atoms. The molecule has 0 saturated heterocycles. The molecule has 1 aromatic rings. The molecule has 1 aromatic carbocycles. The second-order valence-corrected chi connectivity index (χ2v) is 4.45. The van der Waals surface area contributed by atoms with Crippen LogP contribution in [-0.2, 0) is 4.79 Å². The minimum Gasteiger partial charge on any atom is -0.399 e. The van der Waals surface area contributed by atoms with E-state index < -0.39 is 0 Å². The second kappa shape index (κ2) is 5.18. The molecule has 0 aromatic heterocycles. The van der Waals surface area contributed by atoms with Crippen molar-refractivity contribution in [3.8, 4) is 0 Å². The molecular formula is C13H17N3O2. The van der Waals surface area contributed by atoms with Gasteiger partial charge in [0.2, 0.25) is 5.91 Å². The summed E-state index contributed by atoms with van der Waals surface area (Å²) in [5, 5.41) is 14.6. The number of β-amino-alcohol motifs (C(OH)–C–C–N with tert-alkyl or cyclic N) is 1. The predicted octanol–water partition coefficient (Wildman–Crippen LogP) is 0.834. The molecular weight excluding hydrogens is 230 g/mol. The largest absolute Gasteiger partial charge is 0.399 e. The Morgan fingerprint density at radius 3 is 2.72 bits per heavy atom. The molecule has 1 atom stereocenters. The zero-order valence-electron chi connectivity index (χ0n) is 10.3. The molecule has 5 nitrogen and oxygen atoms in total. The van der Waals surface area contributed by atoms with Crippen molar-refractivity contribution in [1.29, 1.82) is 0 Å². The number of nitrogens with zero attached hydrogens (tertiary/aromatic N) is 2. The van der Waals surface area contributed by atoms with E-state index in [1.807, 2.05) is 31.2 Å². The van der Waals surface area contributed by atoms with Crippen LogP contribution in [0.1, 0.15) is 18.9 Å². The Balaban J connectivity index is 2.32. The molecule has 0 bridgehead atoms. The number of benzene rings is 1. The molecule has 3 N–H and O–H groups in total. The van der Waals surface area contributed by atoms with Crippen molar-refractivity contribution in [3.63, 3.8) is 0 Å². The van der Waals surface area contributed by atoms with Crippen molar-refractivity contribution < 1.29 is 9.90 Å². The Kier molecular flexibility index (Phi) is 3.62. The van der Waals surface area contributed by atoms with Gasteiger partial charge in [-0.1, -0.05) is 19.1 Å². The number of nitrogen functional groups attached to an aromatic ring is 1. The van der Waals surface area contributed by atoms with Crippen LogP contribution in [0.2, 0.25) is 0 Å². The van der Waals surface area contributed by atoms with Crippen LogP contribution >= 0.6 is 0 Å². The van der Waals surface area contributed by atoms with Gasteiger partial charge in [-0.2, -0.15) is 5.10 Å². The molecule has 1 aliphatic heterocycles. The third kappa shape index (κ3) is 2.51. The van der Waals surface area contributed by atoms with Crippen molar-refractivity contribution in [2.75, 3.05) is 18.9 Å². The van der Waals surface area contributed by atoms with Gasteiger partial charge < -0.3 is 10.8 Å². The number of nitrogens with two attached hydrogens (primary N) is 1. The van der Waals surface area contributed by atoms with E-state index in [0.717, 1.165) is 11.3 Å². The Labute approximate surface area is 106 Å². The van der Waals surface area contributed by atoms with E-state index in [1.54, 1.807) is 0 Å². The normalized spacial score (nSPS) is 19.9. The lowest BCUT2D eigenvalue weighted by atomic mass is 9.93. The summed E-state index contributed by atoms with van der Waals surface area (Å²) in [6.45, 7) is 2.13. The summed E-state index contributed by atoms with van der Waals surface area (Å²) in [6.07, 6.45) is 0.420. The Morgan fingerprint density at radius 2 is 2.11 bits per heavy atom. The van der Waals surface area contributed by atoms with E-state index in [2.05, 4.69) is 5.10 Å². The molecule has 5 heteroatoms. The van der Waals surface area contributed by atoms with Crippen molar-refractivity contribution in [3.05, 3.63) is 29.8 Å². The van der Waals surface area contributed by atoms with Gasteiger partial charge in [0, 0.05) is 18.0 Å². The van der Waals surface area contributed by atoms with Crippen LogP contribution in [0.3, 0.4) is 0 Å². The van der Waals surface area contributed by atoms with Crippen LogP contribution in [-0.4, -0.2) is 34.9 Å². The number of aliphatic hydroxyl groups is 1. The van der Waals surface area contributed by atoms with Crippen LogP contribution in [0.15, 0.2) is 29.4 Å². The van der Waals surface area contributed by atoms with Crippen molar-refractivity contribution in [2.24, 2.45) is 11.0 Å². The molecule has 96 valence electrons. The van der Waals surface area contributed by atoms with Crippen LogP contribution in [0.5, 0.6) is 0 Å². The Hall–Kier alpha value is -1.88. The fourth-order valence-electron chi connectivity index (χ4n) is 2.01. The van der Waals surface area contributed by atoms with E-state index in [0.29, 0.717) is 12.1 Å². The summed E-state index contributed by atoms with van der Waals surface area (Å²) < 4.78 is 0. The maximum absolute atomic E-state index is 11.7. The SMILES string of the molecule is CC1CC(=O)N(CCO)N=C1c1ccc(N)cc1. The number of rotatable bonds is 3. The highest BCUT2D eigenvalue weighted by Gasteiger charge is 2.26. The lowest BCUT2D eigenvalue weighted by molar-refractivity contribution is -0.133. The van der Waals surface area contributed by atoms with Crippen LogP contribution in [0.4, 0.5) is 5.69 Å². The third-order valence-corrected chi connectivity index (χ3v) is 2.98. The number of carbonyl (C=O) groups is 1. The van der Waals surface area contributed by atoms with E-state index in [9.17, 15) is 4.79 Å². The van der Waals surface area contributed by atoms with Gasteiger partial charge >= 0.3 is 0 Å². The van der Waals surface area contributed by atoms with Gasteiger partial charge in [-0.15, -0.1) is 0 Å². The van der Waals surface area contributed by atoms with Crippen LogP contribution in [0, 0.1) is 5.92 Å². The van der Waals surface area contributed by atoms with Crippen LogP contribution in [0.25, 0.3) is 0 Å². The molecule has 0 saturated carbocycles. The zero-order valence-corrected chi connectivity index (χ0v) is 10.3. The van der Waals surface area contributed by atoms with E-state index in [1.165, 1.54) is 5.01 Å². The Bertz CT molecular complexity index is 468. The average Bonchev–Trinajstić information content (AvgIpc) is 2.34. The third-order valence-electron chi connectivity index (χ3n) is 2.98. The maximum Gasteiger partial charge on any atom is 0.243 e. The monoisotopic (exact) mass is 247 g/mol. The molecule has 1 heterocycles. The summed E-state index contributed by atoms with van der Waals surface area (Å²) in [5.41, 5.74) is 8.18. The number of anilines is 1. The smallest absolute Gasteiger partial charge is 0.243 e. The van der Waals surface area contributed by atoms with Gasteiger partial charge in [-0.3, -0.25) is 4.79 Å². The molecule has 0 radical (unpaired) electrons. The lowest BCUT2D eigenvalue weighted by Gasteiger charge is -2.27. The molecule has 1 aliphatic rings. The summed E-state index contributed by atoms with van der Waals surface area (Å²) in [7, 11) is 0. The molecule has 0 spiro atoms. The standard InChI is InChI=1S/C13H17N3O2/c1-9-8-12(18)16(6-7-17)15-13(9)10-2-4-11(14)5-3-10/h2-5,9,17H,6-8,14H2,1H3. The first-order chi connectivity index (χ1) is 8.61. The van der Waals surface area contributed by atoms with E-state index in [-0.39, 0.29) is 25.0 Å². The predicted molar refractivity (Wildman–Crippen MR) is 70.0 cm³/mol. The number of amides is 1. The van der Waals surface area contributed by atoms with Crippen molar-refractivity contribution in [2.45, 2.75) is 13.3 Å². The number of hydrazone groups is 1. The fourth-order valence-corrected chi connectivity index (χ4v) is 2.01. The molecule has 0 fully saturated rings. The first-order valence-electron chi connectivity index (χ1n) is 5.97. The average molecular weight is 247 g/mol. The van der Waals surface area contributed by atoms with E-state index >= 15 is 0 Å². The highest BCUT2D eigenvalue weighted by molar-refractivity contribution is 6.05. The van der Waals surface area contributed by atoms with Gasteiger partial charge in [0.05, 0.1) is 18.9 Å². The van der Waals surface area contributed by atoms with Gasteiger partial charge in [-0.05, 0) is 17.7 Å². The molecule has 1 unspecified atom stereocenters. The van der Waals surface area contributed by atoms with Crippen molar-refractivity contribution >= 4 is 17.3 Å². The highest BCUT2D eigenvalue weighted by Crippen LogP contribution is 2.21. The maximum atomic E-state index is 11.7. The number of hydrogen-bond acceptors (Lipinski definition) is 4. The summed E-state index contributed by atoms with van der Waals surface area (Å²) in [6, 6.07) is 7.43. The zero-order chi connectivity index (χ0) is 13.1. The van der Waals surface area contributed by atoms with E-state index in [4.69, 9.17) is 10.8 Å². The number of carbonyl (C=O) groups excluding carboxylic acids is 1. The minimum atomic E-state index is -0.0847. The summed E-state index contributed by atoms with van der Waals surface area (Å²) >= 11 is 0. The number of aliphatic hydroxyl groups excluding tert-OH is 1. The number of hydrogen-bond donors (Lipinski definition) is 2. The highest BCUT2D eigenvalue weighted by atomic mass is 16.3. The van der Waals surface area contributed by atoms with Gasteiger partial charge in [0.1, 0.15) is 0 Å². The first-order valence-corrected chi connectivity index (χ1v) is 5.97. The molecule has 2 rings (SSSR count). The summed E-state index contributed by atoms with van der Waals surface area (Å²) in [5.74, 6) is 0.0341. The van der Waals surface area contributed by atoms with Crippen molar-refractivity contribution in [1.82, 2.24) is 5.01 Å². The topological polar surface area (TPSA) is 78.9 Å². The minimum absolute atomic E-state index is 0.0456. The fraction of sp³-hybridized carbons (Fsp3) is 0.385. The lowest BCUT2D eigenvalue weighted by Crippen LogP contribution is -2.37. The molecule has 1 amide bonds. The van der Waals surface area contributed by atoms with Crippen LogP contribution < -0.4 is 5.73 Å². The Morgan fingerprint density at radius 1 is 1.44 bits per heavy atom. The van der Waals surface area contributed by atoms with Gasteiger partial charge in [-0.25, -0.2) is 5.01 Å². The first kappa shape index (κ1) is 12.6.